The normalized spacial score (nSPS) is 17.3. The smallest absolute Gasteiger partial charge is 0.324 e. The fraction of sp³-hybridized carbons (Fsp3) is 0.400. The summed E-state index contributed by atoms with van der Waals surface area (Å²) in [5.74, 6) is 1.25. The molecule has 1 atom stereocenters. The Bertz CT molecular complexity index is 556. The van der Waals surface area contributed by atoms with Crippen LogP contribution in [0.3, 0.4) is 0 Å². The van der Waals surface area contributed by atoms with Gasteiger partial charge in [-0.15, -0.1) is 0 Å². The van der Waals surface area contributed by atoms with Crippen molar-refractivity contribution in [1.29, 1.82) is 0 Å². The minimum absolute atomic E-state index is 0.172. The van der Waals surface area contributed by atoms with E-state index in [1.165, 1.54) is 12.4 Å². The SMILES string of the molecule is CC1CC=CC(OCCCN)=C1NC(=O)Nc1cnccn1. The van der Waals surface area contributed by atoms with Gasteiger partial charge in [0.15, 0.2) is 5.82 Å². The zero-order valence-electron chi connectivity index (χ0n) is 12.6. The first-order valence-electron chi connectivity index (χ1n) is 7.28. The third-order valence-electron chi connectivity index (χ3n) is 3.18. The van der Waals surface area contributed by atoms with Gasteiger partial charge in [0.2, 0.25) is 0 Å². The summed E-state index contributed by atoms with van der Waals surface area (Å²) >= 11 is 0. The summed E-state index contributed by atoms with van der Waals surface area (Å²) in [5, 5.41) is 5.49. The maximum atomic E-state index is 12.1. The number of carbonyl (C=O) groups is 1. The van der Waals surface area contributed by atoms with E-state index in [2.05, 4.69) is 20.6 Å². The predicted octanol–water partition coefficient (Wildman–Crippen LogP) is 1.77. The number of urea groups is 1. The van der Waals surface area contributed by atoms with Crippen molar-refractivity contribution >= 4 is 11.8 Å². The number of nitrogens with one attached hydrogen (secondary N) is 2. The zero-order chi connectivity index (χ0) is 15.8. The number of ether oxygens (including phenoxy) is 1. The predicted molar refractivity (Wildman–Crippen MR) is 83.8 cm³/mol. The van der Waals surface area contributed by atoms with Gasteiger partial charge in [-0.3, -0.25) is 10.3 Å². The second-order valence-electron chi connectivity index (χ2n) is 4.98. The average Bonchev–Trinajstić information content (AvgIpc) is 2.51. The van der Waals surface area contributed by atoms with Crippen molar-refractivity contribution in [3.05, 3.63) is 42.2 Å². The van der Waals surface area contributed by atoms with Crippen LogP contribution in [0.15, 0.2) is 42.2 Å². The Morgan fingerprint density at radius 3 is 3.05 bits per heavy atom. The Kier molecular flexibility index (Phi) is 5.91. The topological polar surface area (TPSA) is 102 Å². The first kappa shape index (κ1) is 16.0. The van der Waals surface area contributed by atoms with Gasteiger partial charge in [0.25, 0.3) is 0 Å². The second-order valence-corrected chi connectivity index (χ2v) is 4.98. The van der Waals surface area contributed by atoms with Crippen LogP contribution in [0, 0.1) is 5.92 Å². The Morgan fingerprint density at radius 1 is 1.45 bits per heavy atom. The molecule has 4 N–H and O–H groups in total. The molecule has 0 aromatic carbocycles. The van der Waals surface area contributed by atoms with Crippen molar-refractivity contribution in [2.24, 2.45) is 11.7 Å². The minimum atomic E-state index is -0.363. The molecule has 7 heteroatoms. The lowest BCUT2D eigenvalue weighted by atomic mass is 9.98. The molecule has 0 saturated heterocycles. The van der Waals surface area contributed by atoms with E-state index in [-0.39, 0.29) is 11.9 Å². The number of nitrogens with zero attached hydrogens (tertiary/aromatic N) is 2. The van der Waals surface area contributed by atoms with E-state index in [4.69, 9.17) is 10.5 Å². The van der Waals surface area contributed by atoms with Crippen LogP contribution in [-0.2, 0) is 4.74 Å². The Morgan fingerprint density at radius 2 is 2.32 bits per heavy atom. The van der Waals surface area contributed by atoms with Crippen molar-refractivity contribution in [1.82, 2.24) is 15.3 Å². The number of carbonyl (C=O) groups excluding carboxylic acids is 1. The number of hydrogen-bond donors (Lipinski definition) is 3. The lowest BCUT2D eigenvalue weighted by Gasteiger charge is -2.23. The summed E-state index contributed by atoms with van der Waals surface area (Å²) in [4.78, 5) is 20.0. The highest BCUT2D eigenvalue weighted by molar-refractivity contribution is 5.89. The van der Waals surface area contributed by atoms with Crippen molar-refractivity contribution < 1.29 is 9.53 Å². The highest BCUT2D eigenvalue weighted by Gasteiger charge is 2.19. The van der Waals surface area contributed by atoms with Crippen molar-refractivity contribution in [3.63, 3.8) is 0 Å². The molecule has 1 unspecified atom stereocenters. The Balaban J connectivity index is 2.02. The van der Waals surface area contributed by atoms with E-state index in [0.717, 1.165) is 18.5 Å². The van der Waals surface area contributed by atoms with E-state index in [1.807, 2.05) is 19.1 Å². The molecule has 0 fully saturated rings. The molecule has 2 amide bonds. The number of amides is 2. The minimum Gasteiger partial charge on any atom is -0.492 e. The molecule has 1 aliphatic rings. The number of anilines is 1. The average molecular weight is 303 g/mol. The summed E-state index contributed by atoms with van der Waals surface area (Å²) in [7, 11) is 0. The van der Waals surface area contributed by atoms with Crippen LogP contribution in [0.1, 0.15) is 19.8 Å². The molecule has 0 radical (unpaired) electrons. The summed E-state index contributed by atoms with van der Waals surface area (Å²) < 4.78 is 5.70. The first-order chi connectivity index (χ1) is 10.7. The Labute approximate surface area is 129 Å². The Hall–Kier alpha value is -2.41. The molecule has 1 aliphatic carbocycles. The monoisotopic (exact) mass is 303 g/mol. The third-order valence-corrected chi connectivity index (χ3v) is 3.18. The van der Waals surface area contributed by atoms with Gasteiger partial charge in [-0.05, 0) is 25.5 Å². The van der Waals surface area contributed by atoms with Gasteiger partial charge in [-0.2, -0.15) is 0 Å². The van der Waals surface area contributed by atoms with Crippen LogP contribution in [0.4, 0.5) is 10.6 Å². The van der Waals surface area contributed by atoms with Crippen LogP contribution in [-0.4, -0.2) is 29.2 Å². The molecule has 2 rings (SSSR count). The van der Waals surface area contributed by atoms with Crippen LogP contribution >= 0.6 is 0 Å². The van der Waals surface area contributed by atoms with Crippen LogP contribution in [0.25, 0.3) is 0 Å². The molecule has 7 nitrogen and oxygen atoms in total. The maximum Gasteiger partial charge on any atom is 0.324 e. The lowest BCUT2D eigenvalue weighted by molar-refractivity contribution is 0.210. The fourth-order valence-corrected chi connectivity index (χ4v) is 2.04. The summed E-state index contributed by atoms with van der Waals surface area (Å²) in [6.07, 6.45) is 10.1. The van der Waals surface area contributed by atoms with Crippen LogP contribution < -0.4 is 16.4 Å². The van der Waals surface area contributed by atoms with Gasteiger partial charge in [-0.1, -0.05) is 13.0 Å². The molecule has 1 aromatic heterocycles. The van der Waals surface area contributed by atoms with Gasteiger partial charge < -0.3 is 15.8 Å². The number of rotatable bonds is 6. The fourth-order valence-electron chi connectivity index (χ4n) is 2.04. The number of hydrogen-bond acceptors (Lipinski definition) is 5. The summed E-state index contributed by atoms with van der Waals surface area (Å²) in [5.41, 5.74) is 6.23. The van der Waals surface area contributed by atoms with Gasteiger partial charge in [0.1, 0.15) is 5.76 Å². The number of aromatic nitrogens is 2. The van der Waals surface area contributed by atoms with Crippen LogP contribution in [0.2, 0.25) is 0 Å². The molecular weight excluding hydrogens is 282 g/mol. The third kappa shape index (κ3) is 4.56. The second kappa shape index (κ2) is 8.14. The number of nitrogens with two attached hydrogens (primary N) is 1. The van der Waals surface area contributed by atoms with Crippen molar-refractivity contribution in [2.75, 3.05) is 18.5 Å². The standard InChI is InChI=1S/C15H21N5O2/c1-11-4-2-5-12(22-9-3-6-16)14(11)20-15(21)19-13-10-17-7-8-18-13/h2,5,7-8,10-11H,3-4,6,9,16H2,1H3,(H2,18,19,20,21). The van der Waals surface area contributed by atoms with E-state index < -0.39 is 0 Å². The first-order valence-corrected chi connectivity index (χ1v) is 7.28. The quantitative estimate of drug-likeness (QED) is 0.695. The van der Waals surface area contributed by atoms with E-state index in [9.17, 15) is 4.79 Å². The largest absolute Gasteiger partial charge is 0.492 e. The highest BCUT2D eigenvalue weighted by Crippen LogP contribution is 2.24. The molecule has 22 heavy (non-hydrogen) atoms. The molecule has 0 saturated carbocycles. The molecular formula is C15H21N5O2. The van der Waals surface area contributed by atoms with E-state index in [0.29, 0.717) is 24.7 Å². The molecule has 0 spiro atoms. The zero-order valence-corrected chi connectivity index (χ0v) is 12.6. The van der Waals surface area contributed by atoms with E-state index >= 15 is 0 Å². The van der Waals surface area contributed by atoms with Crippen molar-refractivity contribution in [3.8, 4) is 0 Å². The van der Waals surface area contributed by atoms with Crippen molar-refractivity contribution in [2.45, 2.75) is 19.8 Å². The van der Waals surface area contributed by atoms with Gasteiger partial charge >= 0.3 is 6.03 Å². The molecule has 1 aromatic rings. The molecule has 0 bridgehead atoms. The van der Waals surface area contributed by atoms with E-state index in [1.54, 1.807) is 6.20 Å². The highest BCUT2D eigenvalue weighted by atomic mass is 16.5. The van der Waals surface area contributed by atoms with Gasteiger partial charge in [0, 0.05) is 18.3 Å². The lowest BCUT2D eigenvalue weighted by Crippen LogP contribution is -2.33. The molecule has 1 heterocycles. The maximum absolute atomic E-state index is 12.1. The summed E-state index contributed by atoms with van der Waals surface area (Å²) in [6, 6.07) is -0.363. The number of allylic oxidation sites excluding steroid dienone is 3. The molecule has 118 valence electrons. The van der Waals surface area contributed by atoms with Crippen LogP contribution in [0.5, 0.6) is 0 Å². The van der Waals surface area contributed by atoms with Gasteiger partial charge in [-0.25, -0.2) is 9.78 Å². The van der Waals surface area contributed by atoms with Gasteiger partial charge in [0.05, 0.1) is 18.5 Å². The molecule has 0 aliphatic heterocycles. The summed E-state index contributed by atoms with van der Waals surface area (Å²) in [6.45, 7) is 3.13.